The highest BCUT2D eigenvalue weighted by Gasteiger charge is 2.61. The van der Waals surface area contributed by atoms with Gasteiger partial charge in [-0.05, 0) is 12.7 Å². The smallest absolute Gasteiger partial charge is 0.451 e. The van der Waals surface area contributed by atoms with Crippen molar-refractivity contribution in [3.63, 3.8) is 0 Å². The van der Waals surface area contributed by atoms with Crippen LogP contribution in [-0.2, 0) is 9.53 Å². The topological polar surface area (TPSA) is 26.3 Å². The molecule has 0 radical (unpaired) electrons. The van der Waals surface area contributed by atoms with Crippen LogP contribution in [-0.4, -0.2) is 40.8 Å². The Balaban J connectivity index is 3.95. The molecular formula is C12H15F7O2S2. The SMILES string of the molecule is C=C(C)C(=O)OCSCSCCC(F)(F)CC(F)(F)C(F)(F)F. The quantitative estimate of drug-likeness (QED) is 0.171. The van der Waals surface area contributed by atoms with Crippen LogP contribution in [0.25, 0.3) is 0 Å². The number of carbonyl (C=O) groups is 1. The zero-order valence-electron chi connectivity index (χ0n) is 12.0. The van der Waals surface area contributed by atoms with Gasteiger partial charge < -0.3 is 4.74 Å². The third kappa shape index (κ3) is 9.33. The van der Waals surface area contributed by atoms with Gasteiger partial charge in [0.1, 0.15) is 5.94 Å². The molecular weight excluding hydrogens is 373 g/mol. The van der Waals surface area contributed by atoms with Crippen molar-refractivity contribution in [2.24, 2.45) is 0 Å². The van der Waals surface area contributed by atoms with Gasteiger partial charge in [-0.1, -0.05) is 6.58 Å². The monoisotopic (exact) mass is 388 g/mol. The van der Waals surface area contributed by atoms with Crippen molar-refractivity contribution >= 4 is 29.5 Å². The van der Waals surface area contributed by atoms with Gasteiger partial charge in [-0.2, -0.15) is 33.7 Å². The Bertz CT molecular complexity index is 411. The van der Waals surface area contributed by atoms with Gasteiger partial charge in [0.2, 0.25) is 0 Å². The van der Waals surface area contributed by atoms with E-state index < -0.39 is 36.8 Å². The van der Waals surface area contributed by atoms with Crippen LogP contribution in [0.15, 0.2) is 12.2 Å². The van der Waals surface area contributed by atoms with Crippen LogP contribution in [0.3, 0.4) is 0 Å². The van der Waals surface area contributed by atoms with Crippen LogP contribution >= 0.6 is 23.5 Å². The maximum absolute atomic E-state index is 13.1. The molecule has 0 spiro atoms. The van der Waals surface area contributed by atoms with Gasteiger partial charge >= 0.3 is 18.1 Å². The number of alkyl halides is 7. The van der Waals surface area contributed by atoms with Crippen LogP contribution < -0.4 is 0 Å². The molecule has 0 saturated carbocycles. The van der Waals surface area contributed by atoms with Crippen LogP contribution in [0.1, 0.15) is 19.8 Å². The van der Waals surface area contributed by atoms with Gasteiger partial charge in [0.25, 0.3) is 5.92 Å². The number of hydrogen-bond acceptors (Lipinski definition) is 4. The van der Waals surface area contributed by atoms with Crippen molar-refractivity contribution in [2.45, 2.75) is 37.8 Å². The van der Waals surface area contributed by atoms with E-state index in [2.05, 4.69) is 6.58 Å². The number of ether oxygens (including phenoxy) is 1. The molecule has 0 aromatic carbocycles. The second-order valence-corrected chi connectivity index (χ2v) is 6.95. The van der Waals surface area contributed by atoms with E-state index >= 15 is 0 Å². The van der Waals surface area contributed by atoms with Crippen molar-refractivity contribution in [1.82, 2.24) is 0 Å². The van der Waals surface area contributed by atoms with Gasteiger partial charge in [0.05, 0.1) is 6.42 Å². The number of hydrogen-bond donors (Lipinski definition) is 0. The van der Waals surface area contributed by atoms with Crippen molar-refractivity contribution in [2.75, 3.05) is 16.8 Å². The molecule has 0 amide bonds. The summed E-state index contributed by atoms with van der Waals surface area (Å²) in [7, 11) is 0. The Morgan fingerprint density at radius 2 is 1.65 bits per heavy atom. The van der Waals surface area contributed by atoms with E-state index in [-0.39, 0.29) is 22.3 Å². The number of thioether (sulfide) groups is 2. The molecule has 0 fully saturated rings. The largest absolute Gasteiger partial charge is 0.453 e. The van der Waals surface area contributed by atoms with Crippen molar-refractivity contribution in [1.29, 1.82) is 0 Å². The average molecular weight is 388 g/mol. The highest BCUT2D eigenvalue weighted by atomic mass is 32.2. The second-order valence-electron chi connectivity index (χ2n) is 4.55. The summed E-state index contributed by atoms with van der Waals surface area (Å²) < 4.78 is 91.7. The Kier molecular flexibility index (Phi) is 8.82. The highest BCUT2D eigenvalue weighted by Crippen LogP contribution is 2.43. The minimum absolute atomic E-state index is 0.0404. The Morgan fingerprint density at radius 1 is 1.09 bits per heavy atom. The molecule has 0 aromatic heterocycles. The fraction of sp³-hybridized carbons (Fsp3) is 0.750. The molecule has 0 saturated heterocycles. The molecule has 0 heterocycles. The lowest BCUT2D eigenvalue weighted by atomic mass is 10.1. The molecule has 0 aliphatic carbocycles. The minimum Gasteiger partial charge on any atom is -0.451 e. The number of carbonyl (C=O) groups excluding carboxylic acids is 1. The van der Waals surface area contributed by atoms with Crippen molar-refractivity contribution in [3.05, 3.63) is 12.2 Å². The van der Waals surface area contributed by atoms with Crippen molar-refractivity contribution < 1.29 is 40.3 Å². The van der Waals surface area contributed by atoms with Crippen LogP contribution in [0.4, 0.5) is 30.7 Å². The van der Waals surface area contributed by atoms with Gasteiger partial charge in [-0.3, -0.25) is 0 Å². The maximum Gasteiger partial charge on any atom is 0.453 e. The average Bonchev–Trinajstić information content (AvgIpc) is 2.34. The van der Waals surface area contributed by atoms with Gasteiger partial charge in [0.15, 0.2) is 0 Å². The summed E-state index contributed by atoms with van der Waals surface area (Å²) in [5.74, 6) is -10.5. The summed E-state index contributed by atoms with van der Waals surface area (Å²) in [5, 5.41) is 0.217. The Hall–Kier alpha value is -0.580. The van der Waals surface area contributed by atoms with E-state index in [0.29, 0.717) is 0 Å². The first-order valence-electron chi connectivity index (χ1n) is 6.09. The predicted molar refractivity (Wildman–Crippen MR) is 75.9 cm³/mol. The van der Waals surface area contributed by atoms with E-state index in [1.807, 2.05) is 0 Å². The first-order valence-corrected chi connectivity index (χ1v) is 8.40. The molecule has 11 heteroatoms. The predicted octanol–water partition coefficient (Wildman–Crippen LogP) is 5.10. The van der Waals surface area contributed by atoms with Gasteiger partial charge in [0, 0.05) is 17.1 Å². The lowest BCUT2D eigenvalue weighted by Crippen LogP contribution is -2.41. The summed E-state index contributed by atoms with van der Waals surface area (Å²) in [5.41, 5.74) is 0.198. The Labute approximate surface area is 137 Å². The molecule has 0 bridgehead atoms. The highest BCUT2D eigenvalue weighted by molar-refractivity contribution is 8.15. The summed E-state index contributed by atoms with van der Waals surface area (Å²) in [4.78, 5) is 11.0. The summed E-state index contributed by atoms with van der Waals surface area (Å²) >= 11 is 1.99. The van der Waals surface area contributed by atoms with Crippen LogP contribution in [0.5, 0.6) is 0 Å². The zero-order chi connectivity index (χ0) is 18.3. The summed E-state index contributed by atoms with van der Waals surface area (Å²) in [6.07, 6.45) is -9.66. The van der Waals surface area contributed by atoms with E-state index in [4.69, 9.17) is 4.74 Å². The molecule has 0 aliphatic heterocycles. The number of halogens is 7. The molecule has 0 rings (SSSR count). The second kappa shape index (κ2) is 9.05. The summed E-state index contributed by atoms with van der Waals surface area (Å²) in [6.45, 7) is 4.79. The molecule has 0 aliphatic rings. The molecule has 0 unspecified atom stereocenters. The standard InChI is InChI=1S/C12H15F7O2S2/c1-8(2)9(20)21-6-23-7-22-4-3-10(13,14)5-11(15,16)12(17,18)19/h1,3-7H2,2H3. The normalized spacial score (nSPS) is 13.0. The first kappa shape index (κ1) is 22.4. The molecule has 0 atom stereocenters. The molecule has 2 nitrogen and oxygen atoms in total. The maximum atomic E-state index is 13.1. The third-order valence-corrected chi connectivity index (χ3v) is 4.41. The van der Waals surface area contributed by atoms with E-state index in [9.17, 15) is 35.5 Å². The summed E-state index contributed by atoms with van der Waals surface area (Å²) in [6, 6.07) is 0. The molecule has 136 valence electrons. The van der Waals surface area contributed by atoms with E-state index in [0.717, 1.165) is 23.5 Å². The lowest BCUT2D eigenvalue weighted by Gasteiger charge is -2.24. The van der Waals surface area contributed by atoms with Crippen LogP contribution in [0, 0.1) is 0 Å². The first-order chi connectivity index (χ1) is 10.3. The van der Waals surface area contributed by atoms with E-state index in [1.165, 1.54) is 6.92 Å². The van der Waals surface area contributed by atoms with Gasteiger partial charge in [-0.15, -0.1) is 11.8 Å². The van der Waals surface area contributed by atoms with Crippen molar-refractivity contribution in [3.8, 4) is 0 Å². The molecule has 23 heavy (non-hydrogen) atoms. The molecule has 0 aromatic rings. The lowest BCUT2D eigenvalue weighted by molar-refractivity contribution is -0.300. The van der Waals surface area contributed by atoms with Crippen LogP contribution in [0.2, 0.25) is 0 Å². The fourth-order valence-electron chi connectivity index (χ4n) is 1.11. The van der Waals surface area contributed by atoms with Gasteiger partial charge in [-0.25, -0.2) is 13.6 Å². The third-order valence-electron chi connectivity index (χ3n) is 2.30. The zero-order valence-corrected chi connectivity index (χ0v) is 13.7. The minimum atomic E-state index is -5.99. The Morgan fingerprint density at radius 3 is 2.13 bits per heavy atom. The number of esters is 1. The van der Waals surface area contributed by atoms with E-state index in [1.54, 1.807) is 0 Å². The number of rotatable bonds is 10. The fourth-order valence-corrected chi connectivity index (χ4v) is 2.95. The molecule has 0 N–H and O–H groups in total.